The second-order valence-electron chi connectivity index (χ2n) is 8.51. The van der Waals surface area contributed by atoms with Crippen molar-refractivity contribution >= 4 is 21.6 Å². The quantitative estimate of drug-likeness (QED) is 0.548. The average molecular weight is 490 g/mol. The van der Waals surface area contributed by atoms with Gasteiger partial charge in [-0.15, -0.1) is 0 Å². The lowest BCUT2D eigenvalue weighted by Gasteiger charge is -2.39. The standard InChI is InChI=1S/C24H31N3O6S/c1-18-16-19(8-9-21(18)32-15-14-31-3)34(29,30)27-17-23(33-22-7-5-4-6-20(22)27)24(28)26-12-10-25(2)11-13-26/h4-9,16,23H,10-15,17H2,1-3H3/t23-/m0/s1. The lowest BCUT2D eigenvalue weighted by atomic mass is 10.2. The van der Waals surface area contributed by atoms with Crippen LogP contribution in [0.2, 0.25) is 0 Å². The van der Waals surface area contributed by atoms with E-state index < -0.39 is 16.1 Å². The van der Waals surface area contributed by atoms with E-state index in [1.165, 1.54) is 10.4 Å². The summed E-state index contributed by atoms with van der Waals surface area (Å²) in [5.41, 5.74) is 1.12. The van der Waals surface area contributed by atoms with Crippen LogP contribution in [0.15, 0.2) is 47.4 Å². The molecule has 2 heterocycles. The molecule has 1 fully saturated rings. The van der Waals surface area contributed by atoms with Gasteiger partial charge in [0.25, 0.3) is 15.9 Å². The topological polar surface area (TPSA) is 88.6 Å². The molecule has 0 radical (unpaired) electrons. The number of para-hydroxylation sites is 2. The molecule has 1 amide bonds. The Morgan fingerprint density at radius 3 is 2.53 bits per heavy atom. The molecule has 0 saturated carbocycles. The Kier molecular flexibility index (Phi) is 7.30. The highest BCUT2D eigenvalue weighted by Gasteiger charge is 2.39. The third-order valence-electron chi connectivity index (χ3n) is 6.10. The smallest absolute Gasteiger partial charge is 0.265 e. The van der Waals surface area contributed by atoms with E-state index in [0.717, 1.165) is 13.1 Å². The number of piperazine rings is 1. The zero-order valence-electron chi connectivity index (χ0n) is 19.8. The molecule has 2 aliphatic heterocycles. The number of carbonyl (C=O) groups excluding carboxylic acids is 1. The predicted octanol–water partition coefficient (Wildman–Crippen LogP) is 1.75. The minimum absolute atomic E-state index is 0.0876. The molecule has 1 atom stereocenters. The SMILES string of the molecule is COCCOc1ccc(S(=O)(=O)N2C[C@@H](C(=O)N3CCN(C)CC3)Oc3ccccc32)cc1C. The van der Waals surface area contributed by atoms with Gasteiger partial charge in [-0.25, -0.2) is 8.42 Å². The highest BCUT2D eigenvalue weighted by Crippen LogP contribution is 2.37. The van der Waals surface area contributed by atoms with Gasteiger partial charge in [0.2, 0.25) is 0 Å². The summed E-state index contributed by atoms with van der Waals surface area (Å²) in [6.07, 6.45) is -0.911. The van der Waals surface area contributed by atoms with E-state index >= 15 is 0 Å². The molecular formula is C24H31N3O6S. The Bertz CT molecular complexity index is 1130. The van der Waals surface area contributed by atoms with Crippen molar-refractivity contribution in [2.75, 3.05) is 64.4 Å². The summed E-state index contributed by atoms with van der Waals surface area (Å²) in [5.74, 6) is 0.781. The molecule has 0 unspecified atom stereocenters. The summed E-state index contributed by atoms with van der Waals surface area (Å²) >= 11 is 0. The fraction of sp³-hybridized carbons (Fsp3) is 0.458. The molecule has 0 aliphatic carbocycles. The number of anilines is 1. The Hall–Kier alpha value is -2.82. The first-order chi connectivity index (χ1) is 16.3. The number of ether oxygens (including phenoxy) is 3. The second-order valence-corrected chi connectivity index (χ2v) is 10.4. The number of likely N-dealkylation sites (N-methyl/N-ethyl adjacent to an activating group) is 1. The number of methoxy groups -OCH3 is 1. The molecule has 0 spiro atoms. The highest BCUT2D eigenvalue weighted by molar-refractivity contribution is 7.92. The minimum atomic E-state index is -3.95. The van der Waals surface area contributed by atoms with E-state index in [1.807, 2.05) is 7.05 Å². The first-order valence-corrected chi connectivity index (χ1v) is 12.7. The molecule has 4 rings (SSSR count). The Morgan fingerprint density at radius 1 is 1.09 bits per heavy atom. The maximum Gasteiger partial charge on any atom is 0.265 e. The summed E-state index contributed by atoms with van der Waals surface area (Å²) in [7, 11) is -0.347. The van der Waals surface area contributed by atoms with Crippen molar-refractivity contribution in [2.45, 2.75) is 17.9 Å². The molecular weight excluding hydrogens is 458 g/mol. The number of sulfonamides is 1. The van der Waals surface area contributed by atoms with Gasteiger partial charge in [-0.1, -0.05) is 12.1 Å². The van der Waals surface area contributed by atoms with Crippen LogP contribution in [0, 0.1) is 6.92 Å². The van der Waals surface area contributed by atoms with Gasteiger partial charge in [-0.2, -0.15) is 0 Å². The first kappa shape index (κ1) is 24.3. The minimum Gasteiger partial charge on any atom is -0.491 e. The number of benzene rings is 2. The second kappa shape index (κ2) is 10.2. The molecule has 0 bridgehead atoms. The van der Waals surface area contributed by atoms with Crippen LogP contribution in [0.25, 0.3) is 0 Å². The van der Waals surface area contributed by atoms with Gasteiger partial charge < -0.3 is 24.0 Å². The van der Waals surface area contributed by atoms with Crippen molar-refractivity contribution < 1.29 is 27.4 Å². The summed E-state index contributed by atoms with van der Waals surface area (Å²) in [6, 6.07) is 11.7. The van der Waals surface area contributed by atoms with Crippen LogP contribution in [0.3, 0.4) is 0 Å². The summed E-state index contributed by atoms with van der Waals surface area (Å²) in [5, 5.41) is 0. The van der Waals surface area contributed by atoms with Crippen LogP contribution in [-0.2, 0) is 19.6 Å². The monoisotopic (exact) mass is 489 g/mol. The largest absolute Gasteiger partial charge is 0.491 e. The van der Waals surface area contributed by atoms with Crippen LogP contribution in [0.1, 0.15) is 5.56 Å². The van der Waals surface area contributed by atoms with E-state index in [2.05, 4.69) is 4.90 Å². The zero-order chi connectivity index (χ0) is 24.3. The summed E-state index contributed by atoms with van der Waals surface area (Å²) < 4.78 is 45.4. The number of hydrogen-bond acceptors (Lipinski definition) is 7. The van der Waals surface area contributed by atoms with Crippen molar-refractivity contribution in [3.8, 4) is 11.5 Å². The number of amides is 1. The lowest BCUT2D eigenvalue weighted by Crippen LogP contribution is -2.55. The van der Waals surface area contributed by atoms with E-state index in [-0.39, 0.29) is 17.3 Å². The normalized spacial score (nSPS) is 18.9. The van der Waals surface area contributed by atoms with Crippen molar-refractivity contribution in [3.63, 3.8) is 0 Å². The fourth-order valence-electron chi connectivity index (χ4n) is 4.10. The van der Waals surface area contributed by atoms with Crippen LogP contribution >= 0.6 is 0 Å². The van der Waals surface area contributed by atoms with Gasteiger partial charge >= 0.3 is 0 Å². The van der Waals surface area contributed by atoms with Gasteiger partial charge in [0.15, 0.2) is 6.10 Å². The lowest BCUT2D eigenvalue weighted by molar-refractivity contribution is -0.140. The fourth-order valence-corrected chi connectivity index (χ4v) is 5.66. The molecule has 10 heteroatoms. The summed E-state index contributed by atoms with van der Waals surface area (Å²) in [6.45, 7) is 5.25. The van der Waals surface area contributed by atoms with Crippen molar-refractivity contribution in [1.82, 2.24) is 9.80 Å². The Balaban J connectivity index is 1.61. The molecule has 1 saturated heterocycles. The maximum atomic E-state index is 13.7. The third-order valence-corrected chi connectivity index (χ3v) is 7.88. The molecule has 2 aliphatic rings. The highest BCUT2D eigenvalue weighted by atomic mass is 32.2. The number of hydrogen-bond donors (Lipinski definition) is 0. The van der Waals surface area contributed by atoms with Crippen LogP contribution in [0.5, 0.6) is 11.5 Å². The number of rotatable bonds is 7. The van der Waals surface area contributed by atoms with E-state index in [1.54, 1.807) is 55.3 Å². The summed E-state index contributed by atoms with van der Waals surface area (Å²) in [4.78, 5) is 17.3. The van der Waals surface area contributed by atoms with E-state index in [0.29, 0.717) is 49.1 Å². The predicted molar refractivity (Wildman–Crippen MR) is 128 cm³/mol. The average Bonchev–Trinajstić information content (AvgIpc) is 2.84. The maximum absolute atomic E-state index is 13.7. The van der Waals surface area contributed by atoms with Crippen molar-refractivity contribution in [2.24, 2.45) is 0 Å². The Morgan fingerprint density at radius 2 is 1.82 bits per heavy atom. The zero-order valence-corrected chi connectivity index (χ0v) is 20.6. The van der Waals surface area contributed by atoms with Crippen molar-refractivity contribution in [1.29, 1.82) is 0 Å². The Labute approximate surface area is 200 Å². The van der Waals surface area contributed by atoms with Gasteiger partial charge in [0, 0.05) is 33.3 Å². The molecule has 2 aromatic carbocycles. The van der Waals surface area contributed by atoms with Crippen LogP contribution in [0.4, 0.5) is 5.69 Å². The molecule has 2 aromatic rings. The molecule has 184 valence electrons. The van der Waals surface area contributed by atoms with Gasteiger partial charge in [-0.3, -0.25) is 9.10 Å². The van der Waals surface area contributed by atoms with Gasteiger partial charge in [0.05, 0.1) is 23.7 Å². The molecule has 0 N–H and O–H groups in total. The van der Waals surface area contributed by atoms with Crippen molar-refractivity contribution in [3.05, 3.63) is 48.0 Å². The number of carbonyl (C=O) groups is 1. The first-order valence-electron chi connectivity index (χ1n) is 11.3. The van der Waals surface area contributed by atoms with Crippen LogP contribution < -0.4 is 13.8 Å². The molecule has 34 heavy (non-hydrogen) atoms. The van der Waals surface area contributed by atoms with E-state index in [4.69, 9.17) is 14.2 Å². The molecule has 9 nitrogen and oxygen atoms in total. The van der Waals surface area contributed by atoms with Gasteiger partial charge in [-0.05, 0) is 49.9 Å². The number of nitrogens with zero attached hydrogens (tertiary/aromatic N) is 3. The number of fused-ring (bicyclic) bond motifs is 1. The van der Waals surface area contributed by atoms with Gasteiger partial charge in [0.1, 0.15) is 18.1 Å². The molecule has 0 aromatic heterocycles. The van der Waals surface area contributed by atoms with E-state index in [9.17, 15) is 13.2 Å². The number of aryl methyl sites for hydroxylation is 1. The van der Waals surface area contributed by atoms with Crippen LogP contribution in [-0.4, -0.2) is 90.3 Å². The third kappa shape index (κ3) is 4.98.